The Morgan fingerprint density at radius 3 is 2.59 bits per heavy atom. The Hall–Kier alpha value is -2.88. The molecule has 3 aromatic carbocycles. The fourth-order valence-corrected chi connectivity index (χ4v) is 3.79. The van der Waals surface area contributed by atoms with Gasteiger partial charge in [-0.05, 0) is 42.2 Å². The average molecular weight is 403 g/mol. The third-order valence-corrected chi connectivity index (χ3v) is 5.66. The quantitative estimate of drug-likeness (QED) is 0.379. The molecule has 3 nitrogen and oxygen atoms in total. The molecule has 0 amide bonds. The molecule has 2 N–H and O–H groups in total. The lowest BCUT2D eigenvalue weighted by molar-refractivity contribution is 0.0945. The van der Waals surface area contributed by atoms with Crippen molar-refractivity contribution < 1.29 is 4.79 Å². The van der Waals surface area contributed by atoms with Crippen LogP contribution in [-0.4, -0.2) is 17.3 Å². The van der Waals surface area contributed by atoms with E-state index in [2.05, 4.69) is 16.4 Å². The van der Waals surface area contributed by atoms with Gasteiger partial charge in [0.1, 0.15) is 0 Å². The van der Waals surface area contributed by atoms with Crippen molar-refractivity contribution in [3.8, 4) is 0 Å². The Morgan fingerprint density at radius 2 is 1.79 bits per heavy atom. The number of nitrogens with one attached hydrogen (secondary N) is 2. The maximum Gasteiger partial charge on any atom is 0.186 e. The molecule has 1 aromatic heterocycles. The molecule has 1 atom stereocenters. The summed E-state index contributed by atoms with van der Waals surface area (Å²) in [5.41, 5.74) is 4.86. The molecule has 0 aliphatic rings. The summed E-state index contributed by atoms with van der Waals surface area (Å²) >= 11 is 6.25. The molecule has 0 radical (unpaired) electrons. The van der Waals surface area contributed by atoms with E-state index in [1.54, 1.807) is 0 Å². The van der Waals surface area contributed by atoms with Gasteiger partial charge < -0.3 is 10.3 Å². The van der Waals surface area contributed by atoms with Gasteiger partial charge in [0.25, 0.3) is 0 Å². The first-order valence-electron chi connectivity index (χ1n) is 9.77. The number of aromatic nitrogens is 1. The standard InChI is InChI=1S/C25H23ClN2O/c1-17-11-12-18(15-22(17)26)13-14-27-24(19-7-3-2-4-8-19)25(29)21-16-28-23-10-6-5-9-20(21)23/h2-12,15-16,24,27-28H,13-14H2,1H3/t24-/m1/s1. The lowest BCUT2D eigenvalue weighted by Gasteiger charge is -2.18. The first-order valence-corrected chi connectivity index (χ1v) is 10.1. The number of fused-ring (bicyclic) bond motifs is 1. The monoisotopic (exact) mass is 402 g/mol. The summed E-state index contributed by atoms with van der Waals surface area (Å²) in [5.74, 6) is 0.0654. The van der Waals surface area contributed by atoms with E-state index in [9.17, 15) is 4.79 Å². The third-order valence-electron chi connectivity index (χ3n) is 5.25. The third kappa shape index (κ3) is 4.26. The number of H-pyrrole nitrogens is 1. The fraction of sp³-hybridized carbons (Fsp3) is 0.160. The summed E-state index contributed by atoms with van der Waals surface area (Å²) in [4.78, 5) is 16.7. The number of para-hydroxylation sites is 1. The van der Waals surface area contributed by atoms with Crippen molar-refractivity contribution in [2.75, 3.05) is 6.54 Å². The van der Waals surface area contributed by atoms with Gasteiger partial charge >= 0.3 is 0 Å². The highest BCUT2D eigenvalue weighted by atomic mass is 35.5. The van der Waals surface area contributed by atoms with Crippen LogP contribution in [-0.2, 0) is 6.42 Å². The Bertz CT molecular complexity index is 1130. The summed E-state index contributed by atoms with van der Waals surface area (Å²) in [6, 6.07) is 23.5. The SMILES string of the molecule is Cc1ccc(CCN[C@@H](C(=O)c2c[nH]c3ccccc23)c2ccccc2)cc1Cl. The molecule has 4 heteroatoms. The van der Waals surface area contributed by atoms with E-state index < -0.39 is 6.04 Å². The maximum atomic E-state index is 13.5. The van der Waals surface area contributed by atoms with E-state index in [1.807, 2.05) is 79.9 Å². The van der Waals surface area contributed by atoms with Crippen LogP contribution in [0.2, 0.25) is 5.02 Å². The number of aryl methyl sites for hydroxylation is 1. The number of benzene rings is 3. The Labute approximate surface area is 175 Å². The van der Waals surface area contributed by atoms with E-state index in [0.717, 1.165) is 39.0 Å². The highest BCUT2D eigenvalue weighted by Gasteiger charge is 2.23. The highest BCUT2D eigenvalue weighted by molar-refractivity contribution is 6.31. The molecule has 0 saturated carbocycles. The molecule has 0 spiro atoms. The number of carbonyl (C=O) groups is 1. The number of hydrogen-bond acceptors (Lipinski definition) is 2. The molecule has 0 saturated heterocycles. The topological polar surface area (TPSA) is 44.9 Å². The molecule has 0 aliphatic carbocycles. The van der Waals surface area contributed by atoms with Crippen molar-refractivity contribution in [3.63, 3.8) is 0 Å². The minimum Gasteiger partial charge on any atom is -0.360 e. The molecule has 146 valence electrons. The van der Waals surface area contributed by atoms with Gasteiger partial charge in [-0.15, -0.1) is 0 Å². The molecule has 29 heavy (non-hydrogen) atoms. The second kappa shape index (κ2) is 8.64. The van der Waals surface area contributed by atoms with Crippen LogP contribution in [0.25, 0.3) is 10.9 Å². The number of carbonyl (C=O) groups excluding carboxylic acids is 1. The smallest absolute Gasteiger partial charge is 0.186 e. The van der Waals surface area contributed by atoms with Crippen LogP contribution in [0.1, 0.15) is 33.1 Å². The normalized spacial score (nSPS) is 12.2. The Kier molecular flexibility index (Phi) is 5.79. The van der Waals surface area contributed by atoms with E-state index in [-0.39, 0.29) is 5.78 Å². The predicted molar refractivity (Wildman–Crippen MR) is 120 cm³/mol. The van der Waals surface area contributed by atoms with Crippen molar-refractivity contribution in [1.29, 1.82) is 0 Å². The molecule has 0 fully saturated rings. The maximum absolute atomic E-state index is 13.5. The predicted octanol–water partition coefficient (Wildman–Crippen LogP) is 5.89. The lowest BCUT2D eigenvalue weighted by Crippen LogP contribution is -2.30. The first kappa shape index (κ1) is 19.4. The molecule has 0 aliphatic heterocycles. The summed E-state index contributed by atoms with van der Waals surface area (Å²) in [6.07, 6.45) is 2.61. The van der Waals surface area contributed by atoms with Crippen LogP contribution >= 0.6 is 11.6 Å². The molecule has 0 unspecified atom stereocenters. The molecule has 4 aromatic rings. The zero-order valence-electron chi connectivity index (χ0n) is 16.3. The van der Waals surface area contributed by atoms with Gasteiger partial charge in [-0.1, -0.05) is 72.3 Å². The summed E-state index contributed by atoms with van der Waals surface area (Å²) < 4.78 is 0. The van der Waals surface area contributed by atoms with E-state index in [0.29, 0.717) is 12.1 Å². The number of aromatic amines is 1. The fourth-order valence-electron chi connectivity index (χ4n) is 3.59. The lowest BCUT2D eigenvalue weighted by atomic mass is 9.96. The zero-order chi connectivity index (χ0) is 20.2. The number of Topliss-reactive ketones (excluding diaryl/α,β-unsaturated/α-hetero) is 1. The van der Waals surface area contributed by atoms with Crippen LogP contribution < -0.4 is 5.32 Å². The highest BCUT2D eigenvalue weighted by Crippen LogP contribution is 2.25. The van der Waals surface area contributed by atoms with Crippen LogP contribution in [0.5, 0.6) is 0 Å². The van der Waals surface area contributed by atoms with Gasteiger partial charge in [-0.3, -0.25) is 4.79 Å². The van der Waals surface area contributed by atoms with Crippen LogP contribution in [0.15, 0.2) is 79.0 Å². The van der Waals surface area contributed by atoms with Gasteiger partial charge in [-0.2, -0.15) is 0 Å². The zero-order valence-corrected chi connectivity index (χ0v) is 17.0. The van der Waals surface area contributed by atoms with Crippen LogP contribution in [0, 0.1) is 6.92 Å². The second-order valence-corrected chi connectivity index (χ2v) is 7.65. The molecular formula is C25H23ClN2O. The number of hydrogen-bond donors (Lipinski definition) is 2. The van der Waals surface area contributed by atoms with Gasteiger partial charge in [-0.25, -0.2) is 0 Å². The molecule has 0 bridgehead atoms. The van der Waals surface area contributed by atoms with E-state index in [1.165, 1.54) is 0 Å². The summed E-state index contributed by atoms with van der Waals surface area (Å²) in [7, 11) is 0. The van der Waals surface area contributed by atoms with Gasteiger partial charge in [0.2, 0.25) is 0 Å². The average Bonchev–Trinajstić information content (AvgIpc) is 3.18. The Morgan fingerprint density at radius 1 is 1.03 bits per heavy atom. The van der Waals surface area contributed by atoms with Crippen LogP contribution in [0.3, 0.4) is 0 Å². The van der Waals surface area contributed by atoms with Crippen molar-refractivity contribution in [1.82, 2.24) is 10.3 Å². The summed E-state index contributed by atoms with van der Waals surface area (Å²) in [5, 5.41) is 5.19. The molecule has 1 heterocycles. The minimum absolute atomic E-state index is 0.0654. The van der Waals surface area contributed by atoms with Crippen molar-refractivity contribution >= 4 is 28.3 Å². The Balaban J connectivity index is 1.57. The van der Waals surface area contributed by atoms with Gasteiger partial charge in [0, 0.05) is 34.2 Å². The molecular weight excluding hydrogens is 380 g/mol. The van der Waals surface area contributed by atoms with E-state index >= 15 is 0 Å². The van der Waals surface area contributed by atoms with Gasteiger partial charge in [0.05, 0.1) is 6.04 Å². The second-order valence-electron chi connectivity index (χ2n) is 7.24. The first-order chi connectivity index (χ1) is 14.1. The largest absolute Gasteiger partial charge is 0.360 e. The van der Waals surface area contributed by atoms with Crippen LogP contribution in [0.4, 0.5) is 0 Å². The molecule has 4 rings (SSSR count). The van der Waals surface area contributed by atoms with Crippen molar-refractivity contribution in [3.05, 3.63) is 106 Å². The summed E-state index contributed by atoms with van der Waals surface area (Å²) in [6.45, 7) is 2.67. The number of ketones is 1. The minimum atomic E-state index is -0.406. The van der Waals surface area contributed by atoms with Crippen molar-refractivity contribution in [2.45, 2.75) is 19.4 Å². The van der Waals surface area contributed by atoms with Crippen molar-refractivity contribution in [2.24, 2.45) is 0 Å². The van der Waals surface area contributed by atoms with Gasteiger partial charge in [0.15, 0.2) is 5.78 Å². The van der Waals surface area contributed by atoms with E-state index in [4.69, 9.17) is 11.6 Å². The number of halogens is 1. The number of rotatable bonds is 7.